The number of amides is 1. The number of hydrogen-bond donors (Lipinski definition) is 1. The van der Waals surface area contributed by atoms with E-state index in [1.54, 1.807) is 23.7 Å². The molecule has 0 fully saturated rings. The highest BCUT2D eigenvalue weighted by Gasteiger charge is 2.12. The van der Waals surface area contributed by atoms with Crippen LogP contribution in [0.5, 0.6) is 0 Å². The first kappa shape index (κ1) is 14.9. The first-order valence-corrected chi connectivity index (χ1v) is 6.82. The van der Waals surface area contributed by atoms with Crippen LogP contribution in [-0.2, 0) is 19.1 Å². The van der Waals surface area contributed by atoms with E-state index in [4.69, 9.17) is 4.74 Å². The number of carbonyl (C=O) groups is 3. The van der Waals surface area contributed by atoms with Crippen molar-refractivity contribution in [2.75, 3.05) is 20.3 Å². The maximum absolute atomic E-state index is 11.8. The summed E-state index contributed by atoms with van der Waals surface area (Å²) in [6.07, 6.45) is 0. The number of esters is 2. The van der Waals surface area contributed by atoms with Gasteiger partial charge in [-0.15, -0.1) is 11.3 Å². The molecule has 2 rings (SSSR count). The molecule has 1 heterocycles. The Kier molecular flexibility index (Phi) is 4.83. The van der Waals surface area contributed by atoms with Gasteiger partial charge in [0.25, 0.3) is 5.91 Å². The summed E-state index contributed by atoms with van der Waals surface area (Å²) < 4.78 is 10.1. The van der Waals surface area contributed by atoms with Crippen LogP contribution in [0.2, 0.25) is 0 Å². The summed E-state index contributed by atoms with van der Waals surface area (Å²) in [6, 6.07) is 4.94. The Morgan fingerprint density at radius 3 is 2.90 bits per heavy atom. The fourth-order valence-corrected chi connectivity index (χ4v) is 2.21. The molecule has 0 aliphatic heterocycles. The van der Waals surface area contributed by atoms with Crippen LogP contribution >= 0.6 is 11.3 Å². The zero-order valence-corrected chi connectivity index (χ0v) is 11.9. The third-order valence-corrected chi connectivity index (χ3v) is 3.35. The maximum atomic E-state index is 11.8. The standard InChI is InChI=1S/C13H12N2O5S/c1-19-12(17)5-14-11(16)6-20-13(18)8-2-3-9-10(4-8)21-7-15-9/h2-4,7H,5-6H2,1H3,(H,14,16). The van der Waals surface area contributed by atoms with Gasteiger partial charge in [-0.05, 0) is 18.2 Å². The summed E-state index contributed by atoms with van der Waals surface area (Å²) >= 11 is 1.41. The van der Waals surface area contributed by atoms with Crippen molar-refractivity contribution in [2.24, 2.45) is 0 Å². The van der Waals surface area contributed by atoms with Crippen molar-refractivity contribution in [2.45, 2.75) is 0 Å². The van der Waals surface area contributed by atoms with Crippen molar-refractivity contribution >= 4 is 39.4 Å². The molecule has 21 heavy (non-hydrogen) atoms. The number of carbonyl (C=O) groups excluding carboxylic acids is 3. The highest BCUT2D eigenvalue weighted by Crippen LogP contribution is 2.19. The maximum Gasteiger partial charge on any atom is 0.338 e. The Morgan fingerprint density at radius 1 is 1.33 bits per heavy atom. The van der Waals surface area contributed by atoms with Gasteiger partial charge in [-0.2, -0.15) is 0 Å². The van der Waals surface area contributed by atoms with Gasteiger partial charge in [-0.1, -0.05) is 0 Å². The van der Waals surface area contributed by atoms with Crippen LogP contribution in [0.15, 0.2) is 23.7 Å². The van der Waals surface area contributed by atoms with Crippen LogP contribution in [0.25, 0.3) is 10.2 Å². The predicted molar refractivity (Wildman–Crippen MR) is 74.9 cm³/mol. The van der Waals surface area contributed by atoms with Gasteiger partial charge >= 0.3 is 11.9 Å². The monoisotopic (exact) mass is 308 g/mol. The number of thiazole rings is 1. The molecule has 1 aromatic carbocycles. The van der Waals surface area contributed by atoms with Crippen LogP contribution < -0.4 is 5.32 Å². The van der Waals surface area contributed by atoms with E-state index in [0.717, 1.165) is 10.2 Å². The lowest BCUT2D eigenvalue weighted by atomic mass is 10.2. The fourth-order valence-electron chi connectivity index (χ4n) is 1.49. The van der Waals surface area contributed by atoms with Crippen LogP contribution in [0, 0.1) is 0 Å². The van der Waals surface area contributed by atoms with Gasteiger partial charge in [0, 0.05) is 0 Å². The van der Waals surface area contributed by atoms with Gasteiger partial charge in [-0.3, -0.25) is 9.59 Å². The SMILES string of the molecule is COC(=O)CNC(=O)COC(=O)c1ccc2ncsc2c1. The lowest BCUT2D eigenvalue weighted by Crippen LogP contribution is -2.33. The molecule has 2 aromatic rings. The molecule has 0 atom stereocenters. The summed E-state index contributed by atoms with van der Waals surface area (Å²) in [5.74, 6) is -1.77. The molecule has 1 N–H and O–H groups in total. The smallest absolute Gasteiger partial charge is 0.338 e. The molecule has 0 aliphatic rings. The third kappa shape index (κ3) is 3.99. The second-order valence-electron chi connectivity index (χ2n) is 3.96. The van der Waals surface area contributed by atoms with E-state index < -0.39 is 24.5 Å². The number of nitrogens with zero attached hydrogens (tertiary/aromatic N) is 1. The third-order valence-electron chi connectivity index (χ3n) is 2.56. The molecule has 1 amide bonds. The van der Waals surface area contributed by atoms with Crippen LogP contribution in [0.4, 0.5) is 0 Å². The Hall–Kier alpha value is -2.48. The number of rotatable bonds is 5. The molecular weight excluding hydrogens is 296 g/mol. The molecule has 7 nitrogen and oxygen atoms in total. The average Bonchev–Trinajstić information content (AvgIpc) is 2.97. The molecule has 0 aliphatic carbocycles. The minimum atomic E-state index is -0.612. The zero-order valence-electron chi connectivity index (χ0n) is 11.1. The van der Waals surface area contributed by atoms with Gasteiger partial charge in [0.2, 0.25) is 0 Å². The van der Waals surface area contributed by atoms with E-state index in [2.05, 4.69) is 15.0 Å². The fraction of sp³-hybridized carbons (Fsp3) is 0.231. The Morgan fingerprint density at radius 2 is 2.14 bits per heavy atom. The molecule has 110 valence electrons. The number of fused-ring (bicyclic) bond motifs is 1. The number of ether oxygens (including phenoxy) is 2. The molecule has 0 spiro atoms. The summed E-state index contributed by atoms with van der Waals surface area (Å²) in [4.78, 5) is 38.1. The van der Waals surface area contributed by atoms with Gasteiger partial charge in [0.05, 0.1) is 28.4 Å². The van der Waals surface area contributed by atoms with E-state index in [1.807, 2.05) is 0 Å². The van der Waals surface area contributed by atoms with Crippen LogP contribution in [0.3, 0.4) is 0 Å². The molecule has 0 bridgehead atoms. The highest BCUT2D eigenvalue weighted by molar-refractivity contribution is 7.16. The van der Waals surface area contributed by atoms with Gasteiger partial charge in [-0.25, -0.2) is 9.78 Å². The summed E-state index contributed by atoms with van der Waals surface area (Å²) in [6.45, 7) is -0.726. The second-order valence-corrected chi connectivity index (χ2v) is 4.85. The average molecular weight is 308 g/mol. The first-order chi connectivity index (χ1) is 10.1. The van der Waals surface area contributed by atoms with Gasteiger partial charge in [0.1, 0.15) is 6.54 Å². The summed E-state index contributed by atoms with van der Waals surface area (Å²) in [7, 11) is 1.21. The Bertz CT molecular complexity index is 682. The minimum Gasteiger partial charge on any atom is -0.468 e. The van der Waals surface area contributed by atoms with Crippen LogP contribution in [-0.4, -0.2) is 43.1 Å². The van der Waals surface area contributed by atoms with Crippen LogP contribution in [0.1, 0.15) is 10.4 Å². The zero-order chi connectivity index (χ0) is 15.2. The van der Waals surface area contributed by atoms with Crippen molar-refractivity contribution in [3.63, 3.8) is 0 Å². The van der Waals surface area contributed by atoms with Crippen molar-refractivity contribution in [1.29, 1.82) is 0 Å². The number of aromatic nitrogens is 1. The molecular formula is C13H12N2O5S. The topological polar surface area (TPSA) is 94.6 Å². The second kappa shape index (κ2) is 6.80. The minimum absolute atomic E-state index is 0.264. The van der Waals surface area contributed by atoms with E-state index in [1.165, 1.54) is 18.4 Å². The largest absolute Gasteiger partial charge is 0.468 e. The van der Waals surface area contributed by atoms with Crippen molar-refractivity contribution in [3.8, 4) is 0 Å². The van der Waals surface area contributed by atoms with Crippen molar-refractivity contribution < 1.29 is 23.9 Å². The first-order valence-electron chi connectivity index (χ1n) is 5.94. The normalized spacial score (nSPS) is 10.1. The lowest BCUT2D eigenvalue weighted by Gasteiger charge is -2.05. The molecule has 0 saturated carbocycles. The summed E-state index contributed by atoms with van der Waals surface area (Å²) in [5.41, 5.74) is 2.82. The molecule has 8 heteroatoms. The van der Waals surface area contributed by atoms with Crippen molar-refractivity contribution in [1.82, 2.24) is 10.3 Å². The van der Waals surface area contributed by atoms with E-state index in [-0.39, 0.29) is 6.54 Å². The lowest BCUT2D eigenvalue weighted by molar-refractivity contribution is -0.141. The predicted octanol–water partition coefficient (Wildman–Crippen LogP) is 0.742. The van der Waals surface area contributed by atoms with E-state index in [9.17, 15) is 14.4 Å². The molecule has 0 unspecified atom stereocenters. The number of hydrogen-bond acceptors (Lipinski definition) is 7. The van der Waals surface area contributed by atoms with Gasteiger partial charge in [0.15, 0.2) is 6.61 Å². The molecule has 1 aromatic heterocycles. The van der Waals surface area contributed by atoms with E-state index >= 15 is 0 Å². The van der Waals surface area contributed by atoms with Gasteiger partial charge < -0.3 is 14.8 Å². The number of methoxy groups -OCH3 is 1. The number of nitrogens with one attached hydrogen (secondary N) is 1. The quantitative estimate of drug-likeness (QED) is 0.819. The number of benzene rings is 1. The Labute approximate surface area is 123 Å². The highest BCUT2D eigenvalue weighted by atomic mass is 32.1. The molecule has 0 radical (unpaired) electrons. The molecule has 0 saturated heterocycles. The summed E-state index contributed by atoms with van der Waals surface area (Å²) in [5, 5.41) is 2.27. The van der Waals surface area contributed by atoms with E-state index in [0.29, 0.717) is 5.56 Å². The van der Waals surface area contributed by atoms with Crippen molar-refractivity contribution in [3.05, 3.63) is 29.3 Å². The Balaban J connectivity index is 1.86.